The second-order valence-corrected chi connectivity index (χ2v) is 7.00. The summed E-state index contributed by atoms with van der Waals surface area (Å²) in [4.78, 5) is 14.5. The van der Waals surface area contributed by atoms with Gasteiger partial charge in [0, 0.05) is 19.5 Å². The van der Waals surface area contributed by atoms with E-state index in [1.54, 1.807) is 0 Å². The van der Waals surface area contributed by atoms with Gasteiger partial charge < -0.3 is 10.2 Å². The van der Waals surface area contributed by atoms with Crippen LogP contribution in [0.5, 0.6) is 0 Å². The first-order valence-electron chi connectivity index (χ1n) is 9.23. The molecule has 1 N–H and O–H groups in total. The lowest BCUT2D eigenvalue weighted by Crippen LogP contribution is -2.35. The van der Waals surface area contributed by atoms with Gasteiger partial charge in [0.25, 0.3) is 0 Å². The van der Waals surface area contributed by atoms with E-state index >= 15 is 0 Å². The Kier molecular flexibility index (Phi) is 7.60. The topological polar surface area (TPSA) is 32.3 Å². The minimum absolute atomic E-state index is 0.174. The predicted octanol–water partition coefficient (Wildman–Crippen LogP) is 3.73. The number of benzene rings is 1. The number of hydrogen-bond acceptors (Lipinski definition) is 2. The Bertz CT molecular complexity index is 459. The normalized spacial score (nSPS) is 16.3. The van der Waals surface area contributed by atoms with Crippen LogP contribution in [0.3, 0.4) is 0 Å². The zero-order chi connectivity index (χ0) is 16.5. The van der Waals surface area contributed by atoms with Crippen molar-refractivity contribution in [2.75, 3.05) is 26.2 Å². The molecule has 0 saturated carbocycles. The molecule has 0 atom stereocenters. The maximum absolute atomic E-state index is 12.0. The van der Waals surface area contributed by atoms with Crippen molar-refractivity contribution < 1.29 is 4.79 Å². The summed E-state index contributed by atoms with van der Waals surface area (Å²) in [7, 11) is 0. The van der Waals surface area contributed by atoms with Gasteiger partial charge in [-0.05, 0) is 49.4 Å². The van der Waals surface area contributed by atoms with Crippen LogP contribution < -0.4 is 5.32 Å². The highest BCUT2D eigenvalue weighted by Gasteiger charge is 2.09. The first-order valence-corrected chi connectivity index (χ1v) is 9.23. The number of nitrogens with zero attached hydrogens (tertiary/aromatic N) is 1. The second kappa shape index (κ2) is 9.71. The van der Waals surface area contributed by atoms with Gasteiger partial charge in [-0.15, -0.1) is 0 Å². The van der Waals surface area contributed by atoms with Crippen LogP contribution in [0.4, 0.5) is 0 Å². The summed E-state index contributed by atoms with van der Waals surface area (Å²) in [5.74, 6) is 0.735. The Hall–Kier alpha value is -1.35. The Morgan fingerprint density at radius 1 is 1.09 bits per heavy atom. The lowest BCUT2D eigenvalue weighted by molar-refractivity contribution is -0.121. The summed E-state index contributed by atoms with van der Waals surface area (Å²) in [5.41, 5.74) is 2.60. The fourth-order valence-corrected chi connectivity index (χ4v) is 3.13. The van der Waals surface area contributed by atoms with Crippen LogP contribution >= 0.6 is 0 Å². The van der Waals surface area contributed by atoms with E-state index in [0.717, 1.165) is 19.5 Å². The van der Waals surface area contributed by atoms with Gasteiger partial charge in [0.05, 0.1) is 0 Å². The minimum atomic E-state index is 0.174. The zero-order valence-corrected chi connectivity index (χ0v) is 14.8. The highest BCUT2D eigenvalue weighted by Crippen LogP contribution is 2.15. The molecule has 1 amide bonds. The van der Waals surface area contributed by atoms with E-state index in [2.05, 4.69) is 48.3 Å². The van der Waals surface area contributed by atoms with E-state index in [1.807, 2.05) is 0 Å². The van der Waals surface area contributed by atoms with Crippen LogP contribution in [0.15, 0.2) is 24.3 Å². The lowest BCUT2D eigenvalue weighted by atomic mass is 10.0. The van der Waals surface area contributed by atoms with Gasteiger partial charge in [-0.1, -0.05) is 51.0 Å². The quantitative estimate of drug-likeness (QED) is 0.831. The molecule has 3 heteroatoms. The molecule has 1 aromatic rings. The summed E-state index contributed by atoms with van der Waals surface area (Å²) >= 11 is 0. The average molecular weight is 316 g/mol. The third kappa shape index (κ3) is 6.74. The predicted molar refractivity (Wildman–Crippen MR) is 96.8 cm³/mol. The van der Waals surface area contributed by atoms with Gasteiger partial charge in [-0.3, -0.25) is 4.79 Å². The molecule has 128 valence electrons. The monoisotopic (exact) mass is 316 g/mol. The lowest BCUT2D eigenvalue weighted by Gasteiger charge is -2.19. The van der Waals surface area contributed by atoms with Crippen molar-refractivity contribution in [1.82, 2.24) is 10.2 Å². The number of likely N-dealkylation sites (tertiary alicyclic amines) is 1. The molecule has 1 heterocycles. The average Bonchev–Trinajstić information content (AvgIpc) is 2.82. The molecule has 0 aliphatic carbocycles. The highest BCUT2D eigenvalue weighted by atomic mass is 16.1. The van der Waals surface area contributed by atoms with Gasteiger partial charge in [0.1, 0.15) is 0 Å². The number of amides is 1. The Morgan fingerprint density at radius 3 is 2.35 bits per heavy atom. The van der Waals surface area contributed by atoms with E-state index < -0.39 is 0 Å². The van der Waals surface area contributed by atoms with Crippen molar-refractivity contribution in [3.63, 3.8) is 0 Å². The van der Waals surface area contributed by atoms with Crippen LogP contribution in [0, 0.1) is 0 Å². The molecule has 3 nitrogen and oxygen atoms in total. The van der Waals surface area contributed by atoms with Crippen LogP contribution in [0.2, 0.25) is 0 Å². The number of carbonyl (C=O) groups is 1. The largest absolute Gasteiger partial charge is 0.355 e. The molecule has 0 radical (unpaired) electrons. The molecule has 0 aromatic heterocycles. The zero-order valence-electron chi connectivity index (χ0n) is 14.8. The van der Waals surface area contributed by atoms with Crippen molar-refractivity contribution in [3.8, 4) is 0 Å². The number of aryl methyl sites for hydroxylation is 1. The smallest absolute Gasteiger partial charge is 0.220 e. The maximum atomic E-state index is 12.0. The Balaban J connectivity index is 1.62. The second-order valence-electron chi connectivity index (χ2n) is 7.00. The van der Waals surface area contributed by atoms with Gasteiger partial charge in [0.2, 0.25) is 5.91 Å². The molecule has 0 unspecified atom stereocenters. The molecule has 1 aliphatic rings. The molecule has 0 spiro atoms. The first-order chi connectivity index (χ1) is 11.1. The molecule has 1 fully saturated rings. The Labute approximate surface area is 141 Å². The third-order valence-electron chi connectivity index (χ3n) is 4.74. The standard InChI is InChI=1S/C20H32N2O/c1-17(2)19-10-7-18(8-11-19)9-12-20(23)21-13-16-22-14-5-3-4-6-15-22/h7-8,10-11,17H,3-6,9,12-16H2,1-2H3,(H,21,23). The van der Waals surface area contributed by atoms with Crippen molar-refractivity contribution >= 4 is 5.91 Å². The Morgan fingerprint density at radius 2 is 1.74 bits per heavy atom. The summed E-state index contributed by atoms with van der Waals surface area (Å²) in [6.45, 7) is 8.57. The first kappa shape index (κ1) is 18.0. The van der Waals surface area contributed by atoms with Gasteiger partial charge >= 0.3 is 0 Å². The van der Waals surface area contributed by atoms with E-state index in [1.165, 1.54) is 49.9 Å². The van der Waals surface area contributed by atoms with Crippen LogP contribution in [0.25, 0.3) is 0 Å². The molecule has 1 saturated heterocycles. The number of rotatable bonds is 7. The summed E-state index contributed by atoms with van der Waals surface area (Å²) < 4.78 is 0. The summed E-state index contributed by atoms with van der Waals surface area (Å²) in [6, 6.07) is 8.66. The molecule has 23 heavy (non-hydrogen) atoms. The van der Waals surface area contributed by atoms with Crippen LogP contribution in [-0.4, -0.2) is 37.0 Å². The summed E-state index contributed by atoms with van der Waals surface area (Å²) in [6.07, 6.45) is 6.74. The van der Waals surface area contributed by atoms with Gasteiger partial charge in [0.15, 0.2) is 0 Å². The molecule has 2 rings (SSSR count). The fourth-order valence-electron chi connectivity index (χ4n) is 3.13. The molecule has 0 bridgehead atoms. The third-order valence-corrected chi connectivity index (χ3v) is 4.74. The van der Waals surface area contributed by atoms with Crippen molar-refractivity contribution in [2.45, 2.75) is 58.3 Å². The van der Waals surface area contributed by atoms with Crippen molar-refractivity contribution in [3.05, 3.63) is 35.4 Å². The molecule has 1 aliphatic heterocycles. The SMILES string of the molecule is CC(C)c1ccc(CCC(=O)NCCN2CCCCCC2)cc1. The van der Waals surface area contributed by atoms with Gasteiger partial charge in [-0.2, -0.15) is 0 Å². The van der Waals surface area contributed by atoms with Crippen molar-refractivity contribution in [2.24, 2.45) is 0 Å². The minimum Gasteiger partial charge on any atom is -0.355 e. The highest BCUT2D eigenvalue weighted by molar-refractivity contribution is 5.76. The summed E-state index contributed by atoms with van der Waals surface area (Å²) in [5, 5.41) is 3.07. The van der Waals surface area contributed by atoms with Crippen molar-refractivity contribution in [1.29, 1.82) is 0 Å². The number of carbonyl (C=O) groups excluding carboxylic acids is 1. The van der Waals surface area contributed by atoms with Gasteiger partial charge in [-0.25, -0.2) is 0 Å². The van der Waals surface area contributed by atoms with Crippen LogP contribution in [0.1, 0.15) is 63.0 Å². The maximum Gasteiger partial charge on any atom is 0.220 e. The van der Waals surface area contributed by atoms with E-state index in [9.17, 15) is 4.79 Å². The number of hydrogen-bond donors (Lipinski definition) is 1. The van der Waals surface area contributed by atoms with E-state index in [0.29, 0.717) is 12.3 Å². The molecule has 1 aromatic carbocycles. The van der Waals surface area contributed by atoms with E-state index in [4.69, 9.17) is 0 Å². The molecular formula is C20H32N2O. The van der Waals surface area contributed by atoms with Crippen LogP contribution in [-0.2, 0) is 11.2 Å². The van der Waals surface area contributed by atoms with E-state index in [-0.39, 0.29) is 5.91 Å². The number of nitrogens with one attached hydrogen (secondary N) is 1. The fraction of sp³-hybridized carbons (Fsp3) is 0.650. The molecular weight excluding hydrogens is 284 g/mol.